The number of hydrogen-bond acceptors (Lipinski definition) is 3. The number of aliphatic hydroxyl groups is 1. The molecule has 101 valence electrons. The summed E-state index contributed by atoms with van der Waals surface area (Å²) in [6.45, 7) is 1.98. The van der Waals surface area contributed by atoms with Crippen molar-refractivity contribution in [1.29, 1.82) is 0 Å². The maximum absolute atomic E-state index is 12.1. The predicted molar refractivity (Wildman–Crippen MR) is 68.9 cm³/mol. The van der Waals surface area contributed by atoms with Gasteiger partial charge in [-0.2, -0.15) is 0 Å². The van der Waals surface area contributed by atoms with Crippen molar-refractivity contribution in [2.45, 2.75) is 31.9 Å². The second-order valence-corrected chi connectivity index (χ2v) is 4.82. The summed E-state index contributed by atoms with van der Waals surface area (Å²) < 4.78 is 0. The van der Waals surface area contributed by atoms with Gasteiger partial charge in [0, 0.05) is 6.54 Å². The lowest BCUT2D eigenvalue weighted by atomic mass is 9.92. The second-order valence-electron chi connectivity index (χ2n) is 4.82. The Hall–Kier alpha value is -1.88. The molecule has 2 unspecified atom stereocenters. The molecule has 0 aromatic heterocycles. The molecule has 0 saturated heterocycles. The van der Waals surface area contributed by atoms with Gasteiger partial charge in [0.2, 0.25) is 11.8 Å². The van der Waals surface area contributed by atoms with E-state index in [0.29, 0.717) is 13.0 Å². The fourth-order valence-corrected chi connectivity index (χ4v) is 2.44. The minimum atomic E-state index is -0.746. The summed E-state index contributed by atoms with van der Waals surface area (Å²) >= 11 is 0. The van der Waals surface area contributed by atoms with Crippen molar-refractivity contribution in [2.24, 2.45) is 5.73 Å². The summed E-state index contributed by atoms with van der Waals surface area (Å²) in [6, 6.07) is 7.51. The van der Waals surface area contributed by atoms with E-state index in [4.69, 9.17) is 5.73 Å². The van der Waals surface area contributed by atoms with Crippen molar-refractivity contribution in [3.05, 3.63) is 35.4 Å². The topological polar surface area (TPSA) is 83.6 Å². The molecule has 0 fully saturated rings. The molecule has 3 N–H and O–H groups in total. The fraction of sp³-hybridized carbons (Fsp3) is 0.429. The highest BCUT2D eigenvalue weighted by molar-refractivity contribution is 5.88. The van der Waals surface area contributed by atoms with Crippen LogP contribution < -0.4 is 5.73 Å². The van der Waals surface area contributed by atoms with E-state index in [0.717, 1.165) is 11.1 Å². The zero-order valence-corrected chi connectivity index (χ0v) is 10.8. The van der Waals surface area contributed by atoms with Crippen molar-refractivity contribution in [1.82, 2.24) is 4.90 Å². The zero-order chi connectivity index (χ0) is 14.0. The number of rotatable bonds is 3. The third-order valence-electron chi connectivity index (χ3n) is 3.28. The maximum Gasteiger partial charge on any atom is 0.244 e. The van der Waals surface area contributed by atoms with E-state index >= 15 is 0 Å². The molecule has 1 aliphatic heterocycles. The van der Waals surface area contributed by atoms with Crippen molar-refractivity contribution in [3.8, 4) is 0 Å². The monoisotopic (exact) mass is 261 g/mol. The Morgan fingerprint density at radius 2 is 2.37 bits per heavy atom. The van der Waals surface area contributed by atoms with Crippen molar-refractivity contribution >= 4 is 11.8 Å². The van der Waals surface area contributed by atoms with Gasteiger partial charge in [0.1, 0.15) is 6.04 Å². The SMILES string of the molecule is CC(O)CC(=O)N1CCc2c[c]ccc2C1C(N)=O. The van der Waals surface area contributed by atoms with Gasteiger partial charge >= 0.3 is 0 Å². The van der Waals surface area contributed by atoms with Crippen LogP contribution in [0.1, 0.15) is 30.5 Å². The number of amides is 2. The Morgan fingerprint density at radius 1 is 1.63 bits per heavy atom. The molecule has 1 heterocycles. The summed E-state index contributed by atoms with van der Waals surface area (Å²) in [5.41, 5.74) is 7.19. The first-order valence-electron chi connectivity index (χ1n) is 6.26. The molecule has 2 atom stereocenters. The van der Waals surface area contributed by atoms with Gasteiger partial charge in [-0.05, 0) is 30.5 Å². The van der Waals surface area contributed by atoms with Crippen LogP contribution in [-0.4, -0.2) is 34.5 Å². The molecule has 1 aliphatic rings. The summed E-state index contributed by atoms with van der Waals surface area (Å²) in [4.78, 5) is 25.2. The van der Waals surface area contributed by atoms with Crippen LogP contribution in [0.2, 0.25) is 0 Å². The molecule has 0 bridgehead atoms. The summed E-state index contributed by atoms with van der Waals surface area (Å²) in [5, 5.41) is 9.30. The number of aliphatic hydroxyl groups excluding tert-OH is 1. The molecule has 19 heavy (non-hydrogen) atoms. The van der Waals surface area contributed by atoms with E-state index < -0.39 is 18.1 Å². The number of primary amides is 1. The Balaban J connectivity index is 2.32. The third kappa shape index (κ3) is 2.76. The van der Waals surface area contributed by atoms with E-state index in [2.05, 4.69) is 6.07 Å². The smallest absolute Gasteiger partial charge is 0.244 e. The van der Waals surface area contributed by atoms with E-state index in [9.17, 15) is 14.7 Å². The van der Waals surface area contributed by atoms with Gasteiger partial charge in [-0.25, -0.2) is 0 Å². The molecule has 5 nitrogen and oxygen atoms in total. The Bertz CT molecular complexity index is 499. The van der Waals surface area contributed by atoms with E-state index in [-0.39, 0.29) is 12.3 Å². The van der Waals surface area contributed by atoms with Crippen LogP contribution in [0.15, 0.2) is 18.2 Å². The van der Waals surface area contributed by atoms with Gasteiger partial charge in [-0.15, -0.1) is 0 Å². The Morgan fingerprint density at radius 3 is 3.00 bits per heavy atom. The first-order valence-corrected chi connectivity index (χ1v) is 6.26. The quantitative estimate of drug-likeness (QED) is 0.813. The highest BCUT2D eigenvalue weighted by Gasteiger charge is 2.34. The normalized spacial score (nSPS) is 19.7. The molecule has 2 amide bonds. The average molecular weight is 261 g/mol. The molecule has 1 aromatic rings. The molecule has 0 spiro atoms. The number of fused-ring (bicyclic) bond motifs is 1. The van der Waals surface area contributed by atoms with Crippen LogP contribution in [0.5, 0.6) is 0 Å². The number of carbonyl (C=O) groups is 2. The van der Waals surface area contributed by atoms with Crippen LogP contribution in [0.4, 0.5) is 0 Å². The lowest BCUT2D eigenvalue weighted by Crippen LogP contribution is -2.46. The van der Waals surface area contributed by atoms with Gasteiger partial charge in [0.05, 0.1) is 12.5 Å². The van der Waals surface area contributed by atoms with Crippen LogP contribution in [0, 0.1) is 6.07 Å². The van der Waals surface area contributed by atoms with E-state index in [1.54, 1.807) is 19.1 Å². The largest absolute Gasteiger partial charge is 0.393 e. The highest BCUT2D eigenvalue weighted by atomic mass is 16.3. The lowest BCUT2D eigenvalue weighted by Gasteiger charge is -2.35. The van der Waals surface area contributed by atoms with Crippen LogP contribution in [0.25, 0.3) is 0 Å². The molecule has 1 radical (unpaired) electrons. The zero-order valence-electron chi connectivity index (χ0n) is 10.8. The lowest BCUT2D eigenvalue weighted by molar-refractivity contribution is -0.141. The number of hydrogen-bond donors (Lipinski definition) is 2. The standard InChI is InChI=1S/C14H17N2O3/c1-9(17)8-12(18)16-7-6-10-4-2-3-5-11(10)13(16)14(15)19/h3-5,9,13,17H,6-8H2,1H3,(H2,15,19). The van der Waals surface area contributed by atoms with E-state index in [1.807, 2.05) is 6.07 Å². The Labute approximate surface area is 112 Å². The average Bonchev–Trinajstić information content (AvgIpc) is 2.36. The minimum Gasteiger partial charge on any atom is -0.393 e. The minimum absolute atomic E-state index is 0.00191. The molecular formula is C14H17N2O3. The van der Waals surface area contributed by atoms with Crippen LogP contribution in [0.3, 0.4) is 0 Å². The first-order chi connectivity index (χ1) is 9.00. The summed E-state index contributed by atoms with van der Waals surface area (Å²) in [7, 11) is 0. The summed E-state index contributed by atoms with van der Waals surface area (Å²) in [6.07, 6.45) is -0.0633. The molecular weight excluding hydrogens is 244 g/mol. The first kappa shape index (κ1) is 13.5. The molecule has 1 aromatic carbocycles. The molecule has 5 heteroatoms. The van der Waals surface area contributed by atoms with Crippen molar-refractivity contribution < 1.29 is 14.7 Å². The third-order valence-corrected chi connectivity index (χ3v) is 3.28. The molecule has 0 aliphatic carbocycles. The molecule has 2 rings (SSSR count). The summed E-state index contributed by atoms with van der Waals surface area (Å²) in [5.74, 6) is -0.802. The number of carbonyl (C=O) groups excluding carboxylic acids is 2. The Kier molecular flexibility index (Phi) is 3.85. The van der Waals surface area contributed by atoms with Gasteiger partial charge in [0.25, 0.3) is 0 Å². The van der Waals surface area contributed by atoms with Gasteiger partial charge in [0.15, 0.2) is 0 Å². The number of benzene rings is 1. The van der Waals surface area contributed by atoms with E-state index in [1.165, 1.54) is 4.90 Å². The highest BCUT2D eigenvalue weighted by Crippen LogP contribution is 2.29. The van der Waals surface area contributed by atoms with Gasteiger partial charge < -0.3 is 15.7 Å². The second kappa shape index (κ2) is 5.40. The predicted octanol–water partition coefficient (Wildman–Crippen LogP) is 0.169. The number of nitrogens with zero attached hydrogens (tertiary/aromatic N) is 1. The van der Waals surface area contributed by atoms with Gasteiger partial charge in [-0.1, -0.05) is 18.2 Å². The van der Waals surface area contributed by atoms with Crippen molar-refractivity contribution in [3.63, 3.8) is 0 Å². The number of nitrogens with two attached hydrogens (primary N) is 1. The van der Waals surface area contributed by atoms with Crippen molar-refractivity contribution in [2.75, 3.05) is 6.54 Å². The van der Waals surface area contributed by atoms with Crippen LogP contribution >= 0.6 is 0 Å². The van der Waals surface area contributed by atoms with Gasteiger partial charge in [-0.3, -0.25) is 9.59 Å². The molecule has 0 saturated carbocycles. The maximum atomic E-state index is 12.1. The van der Waals surface area contributed by atoms with Crippen LogP contribution in [-0.2, 0) is 16.0 Å². The fourth-order valence-electron chi connectivity index (χ4n) is 2.44.